The van der Waals surface area contributed by atoms with Crippen LogP contribution < -0.4 is 0 Å². The molecule has 0 aromatic carbocycles. The fraction of sp³-hybridized carbons (Fsp3) is 0.333. The summed E-state index contributed by atoms with van der Waals surface area (Å²) in [6.07, 6.45) is -5.86. The second-order valence-corrected chi connectivity index (χ2v) is 3.37. The SMILES string of the molecule is O=C(O)C(O)c1cnc(C(F)(F)F)s1. The first kappa shape index (κ1) is 10.9. The molecule has 14 heavy (non-hydrogen) atoms. The Morgan fingerprint density at radius 1 is 1.57 bits per heavy atom. The Morgan fingerprint density at radius 2 is 2.14 bits per heavy atom. The maximum absolute atomic E-state index is 12.0. The summed E-state index contributed by atoms with van der Waals surface area (Å²) in [5.74, 6) is -1.61. The first-order valence-corrected chi connectivity index (χ1v) is 4.08. The summed E-state index contributed by atoms with van der Waals surface area (Å²) in [6.45, 7) is 0. The normalized spacial score (nSPS) is 14.0. The zero-order valence-electron chi connectivity index (χ0n) is 6.45. The highest BCUT2D eigenvalue weighted by Gasteiger charge is 2.35. The molecule has 1 aromatic rings. The maximum atomic E-state index is 12.0. The second-order valence-electron chi connectivity index (χ2n) is 2.31. The number of nitrogens with zero attached hydrogens (tertiary/aromatic N) is 1. The van der Waals surface area contributed by atoms with Gasteiger partial charge in [-0.1, -0.05) is 0 Å². The summed E-state index contributed by atoms with van der Waals surface area (Å²) >= 11 is 0.109. The molecule has 0 spiro atoms. The van der Waals surface area contributed by atoms with Crippen LogP contribution in [0.15, 0.2) is 6.20 Å². The lowest BCUT2D eigenvalue weighted by Crippen LogP contribution is -2.08. The minimum Gasteiger partial charge on any atom is -0.479 e. The predicted molar refractivity (Wildman–Crippen MR) is 39.7 cm³/mol. The minimum absolute atomic E-state index is 0.109. The summed E-state index contributed by atoms with van der Waals surface area (Å²) in [4.78, 5) is 12.8. The van der Waals surface area contributed by atoms with Gasteiger partial charge < -0.3 is 10.2 Å². The van der Waals surface area contributed by atoms with Crippen molar-refractivity contribution in [3.05, 3.63) is 16.1 Å². The number of aromatic nitrogens is 1. The molecular formula is C6H4F3NO3S. The molecule has 0 aliphatic rings. The largest absolute Gasteiger partial charge is 0.479 e. The van der Waals surface area contributed by atoms with Crippen molar-refractivity contribution in [3.8, 4) is 0 Å². The molecule has 0 amide bonds. The van der Waals surface area contributed by atoms with Gasteiger partial charge >= 0.3 is 12.1 Å². The van der Waals surface area contributed by atoms with Crippen LogP contribution in [0.25, 0.3) is 0 Å². The van der Waals surface area contributed by atoms with Crippen molar-refractivity contribution in [1.29, 1.82) is 0 Å². The molecule has 0 aliphatic heterocycles. The number of aliphatic hydroxyl groups is 1. The Morgan fingerprint density at radius 3 is 2.50 bits per heavy atom. The van der Waals surface area contributed by atoms with Crippen LogP contribution in [0, 0.1) is 0 Å². The van der Waals surface area contributed by atoms with Gasteiger partial charge in [0.1, 0.15) is 0 Å². The lowest BCUT2D eigenvalue weighted by Gasteiger charge is -2.00. The molecule has 0 radical (unpaired) electrons. The van der Waals surface area contributed by atoms with Crippen LogP contribution in [-0.2, 0) is 11.0 Å². The number of rotatable bonds is 2. The molecule has 4 nitrogen and oxygen atoms in total. The molecule has 1 rings (SSSR count). The van der Waals surface area contributed by atoms with E-state index in [1.54, 1.807) is 0 Å². The van der Waals surface area contributed by atoms with E-state index in [0.717, 1.165) is 0 Å². The van der Waals surface area contributed by atoms with Crippen molar-refractivity contribution in [2.45, 2.75) is 12.3 Å². The van der Waals surface area contributed by atoms with Gasteiger partial charge in [-0.3, -0.25) is 0 Å². The van der Waals surface area contributed by atoms with E-state index >= 15 is 0 Å². The third-order valence-corrected chi connectivity index (χ3v) is 2.36. The first-order chi connectivity index (χ1) is 6.32. The Bertz CT molecular complexity index is 348. The number of aliphatic carboxylic acids is 1. The number of alkyl halides is 3. The zero-order chi connectivity index (χ0) is 10.9. The number of carboxylic acid groups (broad SMARTS) is 1. The van der Waals surface area contributed by atoms with Crippen molar-refractivity contribution in [2.75, 3.05) is 0 Å². The maximum Gasteiger partial charge on any atom is 0.443 e. The highest BCUT2D eigenvalue weighted by atomic mass is 32.1. The fourth-order valence-corrected chi connectivity index (χ4v) is 1.43. The molecule has 0 saturated heterocycles. The van der Waals surface area contributed by atoms with E-state index < -0.39 is 23.3 Å². The standard InChI is InChI=1S/C6H4F3NO3S/c7-6(8,9)5-10-1-2(14-5)3(11)4(12)13/h1,3,11H,(H,12,13). The van der Waals surface area contributed by atoms with Crippen LogP contribution in [0.4, 0.5) is 13.2 Å². The summed E-state index contributed by atoms with van der Waals surface area (Å²) < 4.78 is 36.0. The van der Waals surface area contributed by atoms with Crippen LogP contribution >= 0.6 is 11.3 Å². The van der Waals surface area contributed by atoms with Crippen LogP contribution in [0.2, 0.25) is 0 Å². The van der Waals surface area contributed by atoms with Gasteiger partial charge in [-0.05, 0) is 0 Å². The molecule has 78 valence electrons. The number of hydrogen-bond donors (Lipinski definition) is 2. The summed E-state index contributed by atoms with van der Waals surface area (Å²) in [6, 6.07) is 0. The van der Waals surface area contributed by atoms with E-state index in [0.29, 0.717) is 6.20 Å². The van der Waals surface area contributed by atoms with E-state index in [4.69, 9.17) is 10.2 Å². The lowest BCUT2D eigenvalue weighted by molar-refractivity contribution is -0.146. The van der Waals surface area contributed by atoms with E-state index in [1.807, 2.05) is 0 Å². The van der Waals surface area contributed by atoms with Crippen molar-refractivity contribution >= 4 is 17.3 Å². The van der Waals surface area contributed by atoms with Crippen molar-refractivity contribution in [1.82, 2.24) is 4.98 Å². The van der Waals surface area contributed by atoms with Crippen molar-refractivity contribution < 1.29 is 28.2 Å². The average molecular weight is 227 g/mol. The van der Waals surface area contributed by atoms with Gasteiger partial charge in [0, 0.05) is 6.20 Å². The molecule has 1 aromatic heterocycles. The number of carbonyl (C=O) groups is 1. The zero-order valence-corrected chi connectivity index (χ0v) is 7.26. The molecule has 2 N–H and O–H groups in total. The van der Waals surface area contributed by atoms with Crippen LogP contribution in [0.5, 0.6) is 0 Å². The number of halogens is 3. The summed E-state index contributed by atoms with van der Waals surface area (Å²) in [5, 5.41) is 16.0. The molecule has 8 heteroatoms. The molecule has 0 saturated carbocycles. The molecular weight excluding hydrogens is 223 g/mol. The first-order valence-electron chi connectivity index (χ1n) is 3.26. The lowest BCUT2D eigenvalue weighted by atomic mass is 10.3. The quantitative estimate of drug-likeness (QED) is 0.798. The number of carboxylic acids is 1. The average Bonchev–Trinajstić information content (AvgIpc) is 2.49. The Balaban J connectivity index is 2.94. The minimum atomic E-state index is -4.61. The van der Waals surface area contributed by atoms with Gasteiger partial charge in [0.25, 0.3) is 0 Å². The summed E-state index contributed by atoms with van der Waals surface area (Å²) in [7, 11) is 0. The predicted octanol–water partition coefficient (Wildman–Crippen LogP) is 1.28. The summed E-state index contributed by atoms with van der Waals surface area (Å²) in [5.41, 5.74) is 0. The van der Waals surface area contributed by atoms with Gasteiger partial charge in [-0.25, -0.2) is 9.78 Å². The monoisotopic (exact) mass is 227 g/mol. The molecule has 1 heterocycles. The third-order valence-electron chi connectivity index (χ3n) is 1.27. The number of hydrogen-bond acceptors (Lipinski definition) is 4. The molecule has 0 fully saturated rings. The highest BCUT2D eigenvalue weighted by Crippen LogP contribution is 2.34. The molecule has 1 unspecified atom stereocenters. The topological polar surface area (TPSA) is 70.4 Å². The van der Waals surface area contributed by atoms with Gasteiger partial charge in [-0.15, -0.1) is 11.3 Å². The molecule has 0 bridgehead atoms. The van der Waals surface area contributed by atoms with Crippen LogP contribution in [0.1, 0.15) is 16.0 Å². The van der Waals surface area contributed by atoms with Gasteiger partial charge in [-0.2, -0.15) is 13.2 Å². The molecule has 1 atom stereocenters. The fourth-order valence-electron chi connectivity index (χ4n) is 0.666. The van der Waals surface area contributed by atoms with Gasteiger partial charge in [0.2, 0.25) is 0 Å². The van der Waals surface area contributed by atoms with Crippen LogP contribution in [0.3, 0.4) is 0 Å². The number of thiazole rings is 1. The number of aliphatic hydroxyl groups excluding tert-OH is 1. The van der Waals surface area contributed by atoms with Crippen molar-refractivity contribution in [3.63, 3.8) is 0 Å². The second kappa shape index (κ2) is 3.54. The van der Waals surface area contributed by atoms with Crippen molar-refractivity contribution in [2.24, 2.45) is 0 Å². The third kappa shape index (κ3) is 2.20. The highest BCUT2D eigenvalue weighted by molar-refractivity contribution is 7.11. The van der Waals surface area contributed by atoms with Gasteiger partial charge in [0.05, 0.1) is 4.88 Å². The van der Waals surface area contributed by atoms with E-state index in [1.165, 1.54) is 0 Å². The molecule has 0 aliphatic carbocycles. The Kier molecular flexibility index (Phi) is 2.76. The van der Waals surface area contributed by atoms with E-state index in [2.05, 4.69) is 4.98 Å². The van der Waals surface area contributed by atoms with Gasteiger partial charge in [0.15, 0.2) is 11.1 Å². The Hall–Kier alpha value is -1.15. The van der Waals surface area contributed by atoms with E-state index in [-0.39, 0.29) is 16.2 Å². The van der Waals surface area contributed by atoms with Crippen LogP contribution in [-0.4, -0.2) is 21.2 Å². The smallest absolute Gasteiger partial charge is 0.443 e. The Labute approximate surface area is 79.6 Å². The van der Waals surface area contributed by atoms with E-state index in [9.17, 15) is 18.0 Å².